The summed E-state index contributed by atoms with van der Waals surface area (Å²) in [5.41, 5.74) is 1.32. The highest BCUT2D eigenvalue weighted by molar-refractivity contribution is 5.67. The Balaban J connectivity index is 2.44. The van der Waals surface area contributed by atoms with Crippen LogP contribution in [0.5, 0.6) is 0 Å². The van der Waals surface area contributed by atoms with Gasteiger partial charge in [-0.25, -0.2) is 0 Å². The molecule has 0 aliphatic rings. The molecule has 0 bridgehead atoms. The van der Waals surface area contributed by atoms with Crippen LogP contribution >= 0.6 is 0 Å². The van der Waals surface area contributed by atoms with Crippen LogP contribution in [0.15, 0.2) is 42.5 Å². The van der Waals surface area contributed by atoms with Crippen LogP contribution in [-0.4, -0.2) is 11.1 Å². The number of hydrogen-bond donors (Lipinski definition) is 1. The zero-order valence-corrected chi connectivity index (χ0v) is 20.5. The molecule has 0 unspecified atom stereocenters. The number of aliphatic carboxylic acids is 1. The van der Waals surface area contributed by atoms with Crippen LogP contribution in [0.2, 0.25) is 0 Å². The maximum atomic E-state index is 11.4. The van der Waals surface area contributed by atoms with E-state index in [0.717, 1.165) is 37.5 Å². The summed E-state index contributed by atoms with van der Waals surface area (Å²) in [5.74, 6) is 1.14. The third-order valence-corrected chi connectivity index (χ3v) is 6.38. The molecule has 0 saturated heterocycles. The first-order valence-electron chi connectivity index (χ1n) is 12.9. The lowest BCUT2D eigenvalue weighted by Gasteiger charge is -2.19. The maximum Gasteiger partial charge on any atom is 0.303 e. The van der Waals surface area contributed by atoms with E-state index in [4.69, 9.17) is 0 Å². The van der Waals surface area contributed by atoms with Gasteiger partial charge in [0, 0.05) is 6.42 Å². The first-order valence-corrected chi connectivity index (χ1v) is 12.9. The zero-order chi connectivity index (χ0) is 22.7. The van der Waals surface area contributed by atoms with Gasteiger partial charge in [0.05, 0.1) is 0 Å². The topological polar surface area (TPSA) is 37.3 Å². The quantitative estimate of drug-likeness (QED) is 0.176. The molecule has 0 spiro atoms. The monoisotopic (exact) mass is 428 g/mol. The lowest BCUT2D eigenvalue weighted by atomic mass is 9.86. The summed E-state index contributed by atoms with van der Waals surface area (Å²) in [7, 11) is 0. The smallest absolute Gasteiger partial charge is 0.303 e. The molecule has 1 aromatic rings. The van der Waals surface area contributed by atoms with E-state index in [1.807, 2.05) is 6.07 Å². The Hall–Kier alpha value is -1.57. The van der Waals surface area contributed by atoms with Crippen molar-refractivity contribution in [1.29, 1.82) is 0 Å². The number of carboxylic acid groups (broad SMARTS) is 1. The minimum absolute atomic E-state index is 0.289. The van der Waals surface area contributed by atoms with Crippen molar-refractivity contribution < 1.29 is 9.90 Å². The van der Waals surface area contributed by atoms with Crippen molar-refractivity contribution in [2.75, 3.05) is 0 Å². The van der Waals surface area contributed by atoms with Crippen LogP contribution in [0.25, 0.3) is 0 Å². The van der Waals surface area contributed by atoms with E-state index in [1.165, 1.54) is 63.4 Å². The SMILES string of the molecule is CCCCCCC=CC[C@H](CCC[C@H](CCc1ccccc1)CC(=O)O)CCC(C)C. The van der Waals surface area contributed by atoms with Gasteiger partial charge in [-0.2, -0.15) is 0 Å². The average Bonchev–Trinajstić information content (AvgIpc) is 2.74. The zero-order valence-electron chi connectivity index (χ0n) is 20.5. The van der Waals surface area contributed by atoms with Crippen LogP contribution in [-0.2, 0) is 11.2 Å². The second-order valence-electron chi connectivity index (χ2n) is 9.81. The molecule has 1 rings (SSSR count). The number of carboxylic acids is 1. The number of carbonyl (C=O) groups is 1. The van der Waals surface area contributed by atoms with Crippen molar-refractivity contribution in [3.63, 3.8) is 0 Å². The van der Waals surface area contributed by atoms with Crippen LogP contribution < -0.4 is 0 Å². The van der Waals surface area contributed by atoms with Crippen molar-refractivity contribution in [2.45, 2.75) is 111 Å². The normalized spacial score (nSPS) is 13.7. The predicted molar refractivity (Wildman–Crippen MR) is 134 cm³/mol. The molecule has 1 N–H and O–H groups in total. The molecule has 176 valence electrons. The Bertz CT molecular complexity index is 576. The lowest BCUT2D eigenvalue weighted by molar-refractivity contribution is -0.138. The lowest BCUT2D eigenvalue weighted by Crippen LogP contribution is -2.10. The summed E-state index contributed by atoms with van der Waals surface area (Å²) in [4.78, 5) is 11.4. The molecule has 0 heterocycles. The van der Waals surface area contributed by atoms with Gasteiger partial charge in [0.25, 0.3) is 0 Å². The standard InChI is InChI=1S/C29H48O2/c1-4-5-6-7-8-9-11-15-27(21-20-25(2)3)18-14-19-28(24-29(30)31)23-22-26-16-12-10-13-17-26/h9-13,16-17,25,27-28H,4-8,14-15,18-24H2,1-3H3,(H,30,31)/t27-,28-/m1/s1. The number of unbranched alkanes of at least 4 members (excludes halogenated alkanes) is 4. The van der Waals surface area contributed by atoms with E-state index >= 15 is 0 Å². The number of hydrogen-bond acceptors (Lipinski definition) is 1. The van der Waals surface area contributed by atoms with Crippen molar-refractivity contribution >= 4 is 5.97 Å². The Labute approximate surface area is 192 Å². The van der Waals surface area contributed by atoms with Crippen molar-refractivity contribution in [1.82, 2.24) is 0 Å². The molecular formula is C29H48O2. The molecule has 31 heavy (non-hydrogen) atoms. The summed E-state index contributed by atoms with van der Waals surface area (Å²) >= 11 is 0. The Morgan fingerprint density at radius 2 is 1.61 bits per heavy atom. The molecule has 0 radical (unpaired) electrons. The van der Waals surface area contributed by atoms with Gasteiger partial charge < -0.3 is 5.11 Å². The molecular weight excluding hydrogens is 380 g/mol. The fourth-order valence-corrected chi connectivity index (χ4v) is 4.35. The molecule has 2 heteroatoms. The van der Waals surface area contributed by atoms with E-state index in [9.17, 15) is 9.90 Å². The summed E-state index contributed by atoms with van der Waals surface area (Å²) in [6, 6.07) is 10.5. The van der Waals surface area contributed by atoms with Crippen molar-refractivity contribution in [3.05, 3.63) is 48.0 Å². The summed E-state index contributed by atoms with van der Waals surface area (Å²) in [6.45, 7) is 6.89. The van der Waals surface area contributed by atoms with Crippen molar-refractivity contribution in [2.24, 2.45) is 17.8 Å². The van der Waals surface area contributed by atoms with Gasteiger partial charge in [-0.1, -0.05) is 102 Å². The van der Waals surface area contributed by atoms with E-state index in [1.54, 1.807) is 0 Å². The van der Waals surface area contributed by atoms with E-state index in [0.29, 0.717) is 6.42 Å². The molecule has 0 amide bonds. The fourth-order valence-electron chi connectivity index (χ4n) is 4.35. The van der Waals surface area contributed by atoms with Crippen LogP contribution in [0.3, 0.4) is 0 Å². The number of aryl methyl sites for hydroxylation is 1. The molecule has 2 atom stereocenters. The van der Waals surface area contributed by atoms with E-state index in [2.05, 4.69) is 57.2 Å². The van der Waals surface area contributed by atoms with Gasteiger partial charge in [0.15, 0.2) is 0 Å². The van der Waals surface area contributed by atoms with Gasteiger partial charge in [0.1, 0.15) is 0 Å². The Morgan fingerprint density at radius 3 is 2.29 bits per heavy atom. The molecule has 0 saturated carbocycles. The van der Waals surface area contributed by atoms with Crippen LogP contribution in [0.4, 0.5) is 0 Å². The van der Waals surface area contributed by atoms with Gasteiger partial charge in [-0.15, -0.1) is 0 Å². The third-order valence-electron chi connectivity index (χ3n) is 6.38. The highest BCUT2D eigenvalue weighted by atomic mass is 16.4. The molecule has 0 fully saturated rings. The first-order chi connectivity index (χ1) is 15.0. The second kappa shape index (κ2) is 18.0. The Morgan fingerprint density at radius 1 is 0.871 bits per heavy atom. The number of rotatable bonds is 19. The number of allylic oxidation sites excluding steroid dienone is 2. The minimum Gasteiger partial charge on any atom is -0.481 e. The summed E-state index contributed by atoms with van der Waals surface area (Å²) < 4.78 is 0. The van der Waals surface area contributed by atoms with Gasteiger partial charge in [-0.05, 0) is 68.3 Å². The summed E-state index contributed by atoms with van der Waals surface area (Å²) in [5, 5.41) is 9.35. The van der Waals surface area contributed by atoms with Crippen molar-refractivity contribution in [3.8, 4) is 0 Å². The fraction of sp³-hybridized carbons (Fsp3) is 0.690. The van der Waals surface area contributed by atoms with E-state index < -0.39 is 5.97 Å². The van der Waals surface area contributed by atoms with Gasteiger partial charge in [-0.3, -0.25) is 4.79 Å². The molecule has 0 aliphatic heterocycles. The molecule has 1 aromatic carbocycles. The van der Waals surface area contributed by atoms with Crippen LogP contribution in [0.1, 0.15) is 110 Å². The maximum absolute atomic E-state index is 11.4. The number of benzene rings is 1. The van der Waals surface area contributed by atoms with Gasteiger partial charge in [0.2, 0.25) is 0 Å². The minimum atomic E-state index is -0.652. The summed E-state index contributed by atoms with van der Waals surface area (Å²) in [6.07, 6.45) is 20.8. The Kier molecular flexibility index (Phi) is 16.0. The molecule has 0 aliphatic carbocycles. The van der Waals surface area contributed by atoms with E-state index in [-0.39, 0.29) is 5.92 Å². The average molecular weight is 429 g/mol. The first kappa shape index (κ1) is 27.5. The predicted octanol–water partition coefficient (Wildman–Crippen LogP) is 8.85. The largest absolute Gasteiger partial charge is 0.481 e. The van der Waals surface area contributed by atoms with Crippen LogP contribution in [0, 0.1) is 17.8 Å². The third kappa shape index (κ3) is 15.8. The highest BCUT2D eigenvalue weighted by Gasteiger charge is 2.15. The second-order valence-corrected chi connectivity index (χ2v) is 9.81. The molecule has 0 aromatic heterocycles. The highest BCUT2D eigenvalue weighted by Crippen LogP contribution is 2.26. The molecule has 2 nitrogen and oxygen atoms in total. The van der Waals surface area contributed by atoms with Gasteiger partial charge >= 0.3 is 5.97 Å².